The van der Waals surface area contributed by atoms with Gasteiger partial charge in [0.1, 0.15) is 5.75 Å². The molecule has 108 valence electrons. The van der Waals surface area contributed by atoms with Gasteiger partial charge < -0.3 is 10.1 Å². The van der Waals surface area contributed by atoms with E-state index in [9.17, 15) is 8.78 Å². The van der Waals surface area contributed by atoms with Crippen molar-refractivity contribution >= 4 is 11.8 Å². The van der Waals surface area contributed by atoms with E-state index < -0.39 is 6.61 Å². The molecule has 1 N–H and O–H groups in total. The van der Waals surface area contributed by atoms with Crippen LogP contribution in [-0.4, -0.2) is 31.2 Å². The molecular formula is C14H21F2NOS. The predicted molar refractivity (Wildman–Crippen MR) is 77.2 cm³/mol. The number of ether oxygens (including phenoxy) is 1. The molecule has 0 aliphatic heterocycles. The Morgan fingerprint density at radius 1 is 1.26 bits per heavy atom. The van der Waals surface area contributed by atoms with Crippen LogP contribution < -0.4 is 10.1 Å². The Hall–Kier alpha value is -0.810. The van der Waals surface area contributed by atoms with Crippen molar-refractivity contribution in [3.8, 4) is 5.75 Å². The topological polar surface area (TPSA) is 21.3 Å². The lowest BCUT2D eigenvalue weighted by atomic mass is 10.1. The zero-order valence-corrected chi connectivity index (χ0v) is 12.2. The van der Waals surface area contributed by atoms with E-state index in [-0.39, 0.29) is 5.75 Å². The molecule has 5 heteroatoms. The summed E-state index contributed by atoms with van der Waals surface area (Å²) in [5, 5.41) is 3.45. The van der Waals surface area contributed by atoms with Crippen LogP contribution in [0.2, 0.25) is 0 Å². The van der Waals surface area contributed by atoms with Gasteiger partial charge in [-0.05, 0) is 43.7 Å². The Morgan fingerprint density at radius 3 is 2.53 bits per heavy atom. The van der Waals surface area contributed by atoms with Crippen molar-refractivity contribution < 1.29 is 13.5 Å². The number of hydrogen-bond acceptors (Lipinski definition) is 3. The Morgan fingerprint density at radius 2 is 1.95 bits per heavy atom. The van der Waals surface area contributed by atoms with E-state index in [0.29, 0.717) is 6.04 Å². The smallest absolute Gasteiger partial charge is 0.387 e. The number of aryl methyl sites for hydroxylation is 1. The molecule has 0 heterocycles. The molecule has 1 aromatic carbocycles. The zero-order valence-electron chi connectivity index (χ0n) is 11.4. The van der Waals surface area contributed by atoms with Crippen LogP contribution in [0.15, 0.2) is 24.3 Å². The highest BCUT2D eigenvalue weighted by Crippen LogP contribution is 2.16. The number of rotatable bonds is 9. The van der Waals surface area contributed by atoms with Crippen molar-refractivity contribution in [1.29, 1.82) is 0 Å². The van der Waals surface area contributed by atoms with Gasteiger partial charge in [-0.1, -0.05) is 12.1 Å². The Labute approximate surface area is 117 Å². The van der Waals surface area contributed by atoms with Gasteiger partial charge in [-0.2, -0.15) is 20.5 Å². The Balaban J connectivity index is 2.29. The summed E-state index contributed by atoms with van der Waals surface area (Å²) in [5.41, 5.74) is 1.14. The van der Waals surface area contributed by atoms with Gasteiger partial charge in [0.2, 0.25) is 0 Å². The fraction of sp³-hybridized carbons (Fsp3) is 0.571. The predicted octanol–water partition coefficient (Wildman–Crippen LogP) is 3.56. The minimum Gasteiger partial charge on any atom is -0.435 e. The van der Waals surface area contributed by atoms with Crippen molar-refractivity contribution in [2.75, 3.05) is 18.6 Å². The lowest BCUT2D eigenvalue weighted by Crippen LogP contribution is -2.28. The molecule has 0 spiro atoms. The SMILES string of the molecule is CSCCNC(C)CCc1ccc(OC(F)F)cc1. The summed E-state index contributed by atoms with van der Waals surface area (Å²) in [6, 6.07) is 7.32. The Kier molecular flexibility index (Phi) is 7.82. The molecule has 0 radical (unpaired) electrons. The van der Waals surface area contributed by atoms with Crippen molar-refractivity contribution in [1.82, 2.24) is 5.32 Å². The highest BCUT2D eigenvalue weighted by Gasteiger charge is 2.05. The molecular weight excluding hydrogens is 268 g/mol. The quantitative estimate of drug-likeness (QED) is 0.702. The van der Waals surface area contributed by atoms with Crippen molar-refractivity contribution in [2.45, 2.75) is 32.4 Å². The van der Waals surface area contributed by atoms with Crippen LogP contribution in [0.3, 0.4) is 0 Å². The largest absolute Gasteiger partial charge is 0.435 e. The summed E-state index contributed by atoms with van der Waals surface area (Å²) in [5.74, 6) is 1.33. The second-order valence-electron chi connectivity index (χ2n) is 4.41. The van der Waals surface area contributed by atoms with E-state index in [2.05, 4.69) is 23.2 Å². The van der Waals surface area contributed by atoms with Crippen LogP contribution in [-0.2, 0) is 6.42 Å². The highest BCUT2D eigenvalue weighted by molar-refractivity contribution is 7.98. The van der Waals surface area contributed by atoms with Gasteiger partial charge in [0, 0.05) is 18.3 Å². The summed E-state index contributed by atoms with van der Waals surface area (Å²) in [6.07, 6.45) is 4.06. The lowest BCUT2D eigenvalue weighted by molar-refractivity contribution is -0.0498. The van der Waals surface area contributed by atoms with Crippen molar-refractivity contribution in [3.05, 3.63) is 29.8 Å². The normalized spacial score (nSPS) is 12.7. The first-order chi connectivity index (χ1) is 9.11. The molecule has 0 aliphatic rings. The third-order valence-corrected chi connectivity index (χ3v) is 3.43. The van der Waals surface area contributed by atoms with Crippen LogP contribution in [0.1, 0.15) is 18.9 Å². The van der Waals surface area contributed by atoms with Gasteiger partial charge in [-0.3, -0.25) is 0 Å². The number of thioether (sulfide) groups is 1. The van der Waals surface area contributed by atoms with E-state index in [4.69, 9.17) is 0 Å². The van der Waals surface area contributed by atoms with Gasteiger partial charge in [-0.15, -0.1) is 0 Å². The van der Waals surface area contributed by atoms with E-state index in [1.807, 2.05) is 23.9 Å². The van der Waals surface area contributed by atoms with Gasteiger partial charge in [0.15, 0.2) is 0 Å². The van der Waals surface area contributed by atoms with Crippen LogP contribution in [0.5, 0.6) is 5.75 Å². The molecule has 0 saturated heterocycles. The minimum atomic E-state index is -2.76. The molecule has 0 amide bonds. The molecule has 1 atom stereocenters. The summed E-state index contributed by atoms with van der Waals surface area (Å²) in [6.45, 7) is 0.421. The standard InChI is InChI=1S/C14H21F2NOS/c1-11(17-9-10-19-2)3-4-12-5-7-13(8-6-12)18-14(15)16/h5-8,11,14,17H,3-4,9-10H2,1-2H3. The molecule has 1 rings (SSSR count). The van der Waals surface area contributed by atoms with E-state index in [1.54, 1.807) is 12.1 Å². The molecule has 1 unspecified atom stereocenters. The van der Waals surface area contributed by atoms with Crippen LogP contribution in [0, 0.1) is 0 Å². The molecule has 0 aliphatic carbocycles. The van der Waals surface area contributed by atoms with Crippen LogP contribution in [0.4, 0.5) is 8.78 Å². The van der Waals surface area contributed by atoms with Gasteiger partial charge in [-0.25, -0.2) is 0 Å². The second-order valence-corrected chi connectivity index (χ2v) is 5.39. The number of halogens is 2. The lowest BCUT2D eigenvalue weighted by Gasteiger charge is -2.13. The first-order valence-corrected chi connectivity index (χ1v) is 7.77. The van der Waals surface area contributed by atoms with Crippen LogP contribution >= 0.6 is 11.8 Å². The average molecular weight is 289 g/mol. The van der Waals surface area contributed by atoms with Crippen molar-refractivity contribution in [2.24, 2.45) is 0 Å². The number of benzene rings is 1. The molecule has 2 nitrogen and oxygen atoms in total. The number of hydrogen-bond donors (Lipinski definition) is 1. The molecule has 0 fully saturated rings. The fourth-order valence-corrected chi connectivity index (χ4v) is 2.05. The molecule has 0 aromatic heterocycles. The Bertz CT molecular complexity index is 346. The first kappa shape index (κ1) is 16.2. The third-order valence-electron chi connectivity index (χ3n) is 2.81. The number of nitrogens with one attached hydrogen (secondary N) is 1. The average Bonchev–Trinajstić information content (AvgIpc) is 2.37. The summed E-state index contributed by atoms with van der Waals surface area (Å²) < 4.78 is 28.3. The van der Waals surface area contributed by atoms with E-state index in [1.165, 1.54) is 0 Å². The van der Waals surface area contributed by atoms with E-state index >= 15 is 0 Å². The summed E-state index contributed by atoms with van der Waals surface area (Å²) >= 11 is 1.83. The highest BCUT2D eigenvalue weighted by atomic mass is 32.2. The maximum absolute atomic E-state index is 12.0. The van der Waals surface area contributed by atoms with Gasteiger partial charge in [0.05, 0.1) is 0 Å². The molecule has 0 saturated carbocycles. The monoisotopic (exact) mass is 289 g/mol. The van der Waals surface area contributed by atoms with E-state index in [0.717, 1.165) is 30.7 Å². The summed E-state index contributed by atoms with van der Waals surface area (Å²) in [7, 11) is 0. The third kappa shape index (κ3) is 7.38. The van der Waals surface area contributed by atoms with Gasteiger partial charge >= 0.3 is 6.61 Å². The maximum Gasteiger partial charge on any atom is 0.387 e. The minimum absolute atomic E-state index is 0.213. The zero-order chi connectivity index (χ0) is 14.1. The fourth-order valence-electron chi connectivity index (χ4n) is 1.73. The second kappa shape index (κ2) is 9.15. The van der Waals surface area contributed by atoms with Crippen LogP contribution in [0.25, 0.3) is 0 Å². The number of alkyl halides is 2. The van der Waals surface area contributed by atoms with Gasteiger partial charge in [0.25, 0.3) is 0 Å². The maximum atomic E-state index is 12.0. The first-order valence-electron chi connectivity index (χ1n) is 6.38. The summed E-state index contributed by atoms with van der Waals surface area (Å²) in [4.78, 5) is 0. The van der Waals surface area contributed by atoms with Crippen molar-refractivity contribution in [3.63, 3.8) is 0 Å². The molecule has 1 aromatic rings. The molecule has 0 bridgehead atoms. The molecule has 19 heavy (non-hydrogen) atoms.